The van der Waals surface area contributed by atoms with Gasteiger partial charge in [-0.15, -0.1) is 0 Å². The Kier molecular flexibility index (Phi) is 5.06. The van der Waals surface area contributed by atoms with Gasteiger partial charge in [0, 0.05) is 29.3 Å². The third kappa shape index (κ3) is 4.04. The number of nitrogens with zero attached hydrogens (tertiary/aromatic N) is 1. The van der Waals surface area contributed by atoms with Crippen LogP contribution in [0.5, 0.6) is 0 Å². The van der Waals surface area contributed by atoms with Gasteiger partial charge in [-0.2, -0.15) is 13.2 Å². The van der Waals surface area contributed by atoms with Crippen molar-refractivity contribution in [3.05, 3.63) is 80.2 Å². The van der Waals surface area contributed by atoms with Crippen LogP contribution in [0.2, 0.25) is 0 Å². The summed E-state index contributed by atoms with van der Waals surface area (Å²) in [6.07, 6.45) is -2.75. The first-order valence-electron chi connectivity index (χ1n) is 9.43. The van der Waals surface area contributed by atoms with E-state index in [1.165, 1.54) is 12.1 Å². The minimum absolute atomic E-state index is 0.0172. The number of aromatic nitrogens is 1. The Labute approximate surface area is 175 Å². The lowest BCUT2D eigenvalue weighted by atomic mass is 10.1. The van der Waals surface area contributed by atoms with E-state index in [0.717, 1.165) is 35.1 Å². The average Bonchev–Trinajstić information content (AvgIpc) is 3.11. The highest BCUT2D eigenvalue weighted by molar-refractivity contribution is 5.96. The molecule has 0 aliphatic carbocycles. The van der Waals surface area contributed by atoms with Gasteiger partial charge < -0.3 is 20.5 Å². The maximum Gasteiger partial charge on any atom is 0.416 e. The lowest BCUT2D eigenvalue weighted by molar-refractivity contribution is -0.137. The van der Waals surface area contributed by atoms with Crippen molar-refractivity contribution in [3.8, 4) is 0 Å². The van der Waals surface area contributed by atoms with Gasteiger partial charge in [0.25, 0.3) is 10.9 Å². The number of H-pyrrole nitrogens is 1. The van der Waals surface area contributed by atoms with Crippen LogP contribution in [0.1, 0.15) is 11.1 Å². The first kappa shape index (κ1) is 20.7. The number of hydrogen-bond donors (Lipinski definition) is 3. The molecule has 1 aromatic heterocycles. The van der Waals surface area contributed by atoms with Gasteiger partial charge in [0.1, 0.15) is 11.4 Å². The molecule has 9 heteroatoms. The summed E-state index contributed by atoms with van der Waals surface area (Å²) in [5.41, 5.74) is 0.715. The Morgan fingerprint density at radius 2 is 1.58 bits per heavy atom. The number of alkyl halides is 3. The predicted molar refractivity (Wildman–Crippen MR) is 115 cm³/mol. The number of halogens is 3. The highest BCUT2D eigenvalue weighted by atomic mass is 19.4. The minimum atomic E-state index is -4.45. The summed E-state index contributed by atoms with van der Waals surface area (Å²) in [6.45, 7) is 0.737. The number of aromatic amines is 1. The molecular formula is C22H19F3N4O2. The molecule has 0 radical (unpaired) electrons. The Balaban J connectivity index is 1.60. The summed E-state index contributed by atoms with van der Waals surface area (Å²) in [4.78, 5) is 29.4. The van der Waals surface area contributed by atoms with E-state index in [-0.39, 0.29) is 17.1 Å². The summed E-state index contributed by atoms with van der Waals surface area (Å²) in [5, 5.41) is 6.59. The van der Waals surface area contributed by atoms with Crippen LogP contribution in [0, 0.1) is 0 Å². The summed E-state index contributed by atoms with van der Waals surface area (Å²) in [7, 11) is 3.92. The molecule has 0 atom stereocenters. The average molecular weight is 428 g/mol. The van der Waals surface area contributed by atoms with Gasteiger partial charge in [0.15, 0.2) is 0 Å². The SMILES string of the molecule is CN(C)Cc1ccc2[nH]cc(Nc3c(Nc4ccc(C(F)(F)F)cc4)c(=O)c3=O)c2c1. The molecule has 6 nitrogen and oxygen atoms in total. The molecule has 0 spiro atoms. The normalized spacial score (nSPS) is 12.1. The number of fused-ring (bicyclic) bond motifs is 1. The zero-order valence-electron chi connectivity index (χ0n) is 16.7. The first-order chi connectivity index (χ1) is 14.6. The number of hydrogen-bond acceptors (Lipinski definition) is 5. The second-order valence-electron chi connectivity index (χ2n) is 7.55. The summed E-state index contributed by atoms with van der Waals surface area (Å²) in [6, 6.07) is 10.2. The molecule has 0 saturated carbocycles. The summed E-state index contributed by atoms with van der Waals surface area (Å²) in [5.74, 6) is 0. The van der Waals surface area contributed by atoms with Gasteiger partial charge in [-0.05, 0) is 56.1 Å². The van der Waals surface area contributed by atoms with Crippen LogP contribution in [-0.4, -0.2) is 24.0 Å². The van der Waals surface area contributed by atoms with Crippen LogP contribution in [0.3, 0.4) is 0 Å². The molecule has 1 heterocycles. The zero-order valence-corrected chi connectivity index (χ0v) is 16.7. The van der Waals surface area contributed by atoms with Crippen LogP contribution >= 0.6 is 0 Å². The molecular weight excluding hydrogens is 409 g/mol. The van der Waals surface area contributed by atoms with Crippen molar-refractivity contribution in [1.29, 1.82) is 0 Å². The summed E-state index contributed by atoms with van der Waals surface area (Å²) >= 11 is 0. The smallest absolute Gasteiger partial charge is 0.359 e. The van der Waals surface area contributed by atoms with E-state index < -0.39 is 22.6 Å². The Hall–Kier alpha value is -3.59. The second-order valence-corrected chi connectivity index (χ2v) is 7.55. The van der Waals surface area contributed by atoms with Crippen molar-refractivity contribution in [2.24, 2.45) is 0 Å². The van der Waals surface area contributed by atoms with Gasteiger partial charge in [-0.1, -0.05) is 6.07 Å². The van der Waals surface area contributed by atoms with Crippen LogP contribution in [0.25, 0.3) is 10.9 Å². The second kappa shape index (κ2) is 7.59. The van der Waals surface area contributed by atoms with Gasteiger partial charge in [0.2, 0.25) is 0 Å². The molecule has 31 heavy (non-hydrogen) atoms. The molecule has 0 aliphatic rings. The number of nitrogens with one attached hydrogen (secondary N) is 3. The molecule has 4 aromatic rings. The molecule has 0 bridgehead atoms. The van der Waals surface area contributed by atoms with Crippen molar-refractivity contribution in [2.75, 3.05) is 24.7 Å². The van der Waals surface area contributed by atoms with Crippen molar-refractivity contribution in [1.82, 2.24) is 9.88 Å². The quantitative estimate of drug-likeness (QED) is 0.399. The van der Waals surface area contributed by atoms with Crippen LogP contribution in [-0.2, 0) is 12.7 Å². The van der Waals surface area contributed by atoms with E-state index in [1.807, 2.05) is 37.2 Å². The molecule has 0 fully saturated rings. The number of rotatable bonds is 6. The fourth-order valence-electron chi connectivity index (χ4n) is 3.39. The Morgan fingerprint density at radius 3 is 2.19 bits per heavy atom. The van der Waals surface area contributed by atoms with Crippen LogP contribution in [0.4, 0.5) is 35.9 Å². The third-order valence-corrected chi connectivity index (χ3v) is 4.90. The molecule has 4 rings (SSSR count). The number of benzene rings is 2. The van der Waals surface area contributed by atoms with E-state index in [0.29, 0.717) is 5.69 Å². The van der Waals surface area contributed by atoms with Gasteiger partial charge in [-0.25, -0.2) is 0 Å². The van der Waals surface area contributed by atoms with Gasteiger partial charge >= 0.3 is 6.18 Å². The van der Waals surface area contributed by atoms with Crippen molar-refractivity contribution in [3.63, 3.8) is 0 Å². The monoisotopic (exact) mass is 428 g/mol. The van der Waals surface area contributed by atoms with Crippen molar-refractivity contribution in [2.45, 2.75) is 12.7 Å². The van der Waals surface area contributed by atoms with Crippen molar-refractivity contribution < 1.29 is 13.2 Å². The summed E-state index contributed by atoms with van der Waals surface area (Å²) < 4.78 is 38.2. The lowest BCUT2D eigenvalue weighted by Gasteiger charge is -2.15. The molecule has 0 aliphatic heterocycles. The van der Waals surface area contributed by atoms with Crippen LogP contribution in [0.15, 0.2) is 58.3 Å². The highest BCUT2D eigenvalue weighted by Gasteiger charge is 2.30. The van der Waals surface area contributed by atoms with E-state index >= 15 is 0 Å². The predicted octanol–water partition coefficient (Wildman–Crippen LogP) is 4.33. The molecule has 0 saturated heterocycles. The van der Waals surface area contributed by atoms with E-state index in [9.17, 15) is 22.8 Å². The molecule has 3 aromatic carbocycles. The van der Waals surface area contributed by atoms with Gasteiger partial charge in [-0.3, -0.25) is 9.59 Å². The molecule has 160 valence electrons. The molecule has 0 unspecified atom stereocenters. The molecule has 0 amide bonds. The first-order valence-corrected chi connectivity index (χ1v) is 9.43. The topological polar surface area (TPSA) is 77.2 Å². The minimum Gasteiger partial charge on any atom is -0.359 e. The van der Waals surface area contributed by atoms with E-state index in [1.54, 1.807) is 6.20 Å². The third-order valence-electron chi connectivity index (χ3n) is 4.90. The largest absolute Gasteiger partial charge is 0.416 e. The fraction of sp³-hybridized carbons (Fsp3) is 0.182. The maximum absolute atomic E-state index is 12.7. The van der Waals surface area contributed by atoms with E-state index in [2.05, 4.69) is 15.6 Å². The lowest BCUT2D eigenvalue weighted by Crippen LogP contribution is -2.35. The number of anilines is 4. The Bertz CT molecular complexity index is 1310. The highest BCUT2D eigenvalue weighted by Crippen LogP contribution is 2.32. The van der Waals surface area contributed by atoms with Crippen molar-refractivity contribution >= 4 is 33.7 Å². The van der Waals surface area contributed by atoms with Crippen LogP contribution < -0.4 is 21.5 Å². The fourth-order valence-corrected chi connectivity index (χ4v) is 3.39. The standard InChI is InChI=1S/C22H19F3N4O2/c1-29(2)11-12-3-8-16-15(9-12)17(10-26-16)28-19-18(20(30)21(19)31)27-14-6-4-13(5-7-14)22(23,24)25/h3-10,26-28H,11H2,1-2H3. The Morgan fingerprint density at radius 1 is 0.935 bits per heavy atom. The maximum atomic E-state index is 12.7. The van der Waals surface area contributed by atoms with E-state index in [4.69, 9.17) is 0 Å². The van der Waals surface area contributed by atoms with Gasteiger partial charge in [0.05, 0.1) is 11.3 Å². The molecule has 3 N–H and O–H groups in total. The zero-order chi connectivity index (χ0) is 22.3.